The minimum atomic E-state index is -4.52. The molecule has 0 saturated heterocycles. The molecule has 1 N–H and O–H groups in total. The lowest BCUT2D eigenvalue weighted by molar-refractivity contribution is -0.137. The van der Waals surface area contributed by atoms with Gasteiger partial charge in [-0.1, -0.05) is 12.1 Å². The largest absolute Gasteiger partial charge is 0.496 e. The van der Waals surface area contributed by atoms with Crippen molar-refractivity contribution < 1.29 is 22.7 Å². The molecule has 4 nitrogen and oxygen atoms in total. The van der Waals surface area contributed by atoms with Gasteiger partial charge in [-0.05, 0) is 57.9 Å². The summed E-state index contributed by atoms with van der Waals surface area (Å²) in [5.74, 6) is -0.229. The zero-order valence-corrected chi connectivity index (χ0v) is 15.0. The molecule has 0 atom stereocenters. The van der Waals surface area contributed by atoms with Gasteiger partial charge in [0.2, 0.25) is 0 Å². The number of rotatable bonds is 4. The molecule has 134 valence electrons. The fraction of sp³-hybridized carbons (Fsp3) is 0.111. The Kier molecular flexibility index (Phi) is 6.05. The average molecular weight is 425 g/mol. The monoisotopic (exact) mass is 424 g/mol. The Morgan fingerprint density at radius 2 is 2.00 bits per heavy atom. The molecule has 2 aromatic carbocycles. The lowest BCUT2D eigenvalue weighted by Gasteiger charge is -2.09. The Bertz CT molecular complexity index is 902. The molecule has 0 bridgehead atoms. The van der Waals surface area contributed by atoms with Gasteiger partial charge in [-0.15, -0.1) is 0 Å². The van der Waals surface area contributed by atoms with Gasteiger partial charge in [-0.2, -0.15) is 18.4 Å². The number of benzene rings is 2. The summed E-state index contributed by atoms with van der Waals surface area (Å²) >= 11 is 3.29. The van der Waals surface area contributed by atoms with Crippen molar-refractivity contribution in [2.75, 3.05) is 12.4 Å². The maximum absolute atomic E-state index is 12.7. The number of carbonyl (C=O) groups is 1. The van der Waals surface area contributed by atoms with E-state index < -0.39 is 17.6 Å². The van der Waals surface area contributed by atoms with Crippen LogP contribution in [0.3, 0.4) is 0 Å². The Labute approximate surface area is 156 Å². The normalized spacial score (nSPS) is 11.6. The molecule has 0 aliphatic rings. The predicted octanol–water partition coefficient (Wildman–Crippen LogP) is 5.02. The first-order valence-electron chi connectivity index (χ1n) is 7.18. The van der Waals surface area contributed by atoms with Crippen molar-refractivity contribution in [1.29, 1.82) is 5.26 Å². The number of anilines is 1. The molecular weight excluding hydrogens is 413 g/mol. The molecule has 2 aromatic rings. The number of nitriles is 1. The summed E-state index contributed by atoms with van der Waals surface area (Å²) in [6.07, 6.45) is -3.20. The number of hydrogen-bond acceptors (Lipinski definition) is 3. The van der Waals surface area contributed by atoms with Gasteiger partial charge in [-0.25, -0.2) is 0 Å². The van der Waals surface area contributed by atoms with E-state index in [-0.39, 0.29) is 11.3 Å². The van der Waals surface area contributed by atoms with Gasteiger partial charge in [0.15, 0.2) is 0 Å². The highest BCUT2D eigenvalue weighted by molar-refractivity contribution is 9.10. The minimum Gasteiger partial charge on any atom is -0.496 e. The standard InChI is InChI=1S/C18H12BrF3N2O2/c1-26-16-6-5-11(8-15(16)19)7-12(10-23)17(25)24-14-4-2-3-13(9-14)18(20,21)22/h2-9H,1H3,(H,24,25)/b12-7-. The van der Waals surface area contributed by atoms with Crippen molar-refractivity contribution in [2.24, 2.45) is 0 Å². The number of hydrogen-bond donors (Lipinski definition) is 1. The Morgan fingerprint density at radius 1 is 1.27 bits per heavy atom. The first-order chi connectivity index (χ1) is 12.2. The van der Waals surface area contributed by atoms with Crippen molar-refractivity contribution >= 4 is 33.6 Å². The number of nitrogens with zero attached hydrogens (tertiary/aromatic N) is 1. The van der Waals surface area contributed by atoms with E-state index in [4.69, 9.17) is 4.74 Å². The van der Waals surface area contributed by atoms with Gasteiger partial charge in [-0.3, -0.25) is 4.79 Å². The molecule has 26 heavy (non-hydrogen) atoms. The molecule has 0 aliphatic heterocycles. The van der Waals surface area contributed by atoms with Crippen LogP contribution in [0.25, 0.3) is 6.08 Å². The summed E-state index contributed by atoms with van der Waals surface area (Å²) in [4.78, 5) is 12.2. The molecule has 0 heterocycles. The smallest absolute Gasteiger partial charge is 0.416 e. The Hall–Kier alpha value is -2.79. The van der Waals surface area contributed by atoms with Gasteiger partial charge in [0.05, 0.1) is 17.1 Å². The van der Waals surface area contributed by atoms with E-state index in [1.165, 1.54) is 25.3 Å². The van der Waals surface area contributed by atoms with Crippen LogP contribution in [0.4, 0.5) is 18.9 Å². The fourth-order valence-electron chi connectivity index (χ4n) is 2.06. The highest BCUT2D eigenvalue weighted by atomic mass is 79.9. The van der Waals surface area contributed by atoms with Crippen LogP contribution in [-0.4, -0.2) is 13.0 Å². The second-order valence-electron chi connectivity index (χ2n) is 5.10. The molecule has 0 aromatic heterocycles. The second kappa shape index (κ2) is 8.06. The van der Waals surface area contributed by atoms with E-state index in [9.17, 15) is 23.2 Å². The number of nitrogens with one attached hydrogen (secondary N) is 1. The molecule has 0 aliphatic carbocycles. The Balaban J connectivity index is 2.24. The molecule has 0 saturated carbocycles. The van der Waals surface area contributed by atoms with E-state index in [1.807, 2.05) is 0 Å². The summed E-state index contributed by atoms with van der Waals surface area (Å²) < 4.78 is 43.9. The molecule has 1 amide bonds. The SMILES string of the molecule is COc1ccc(/C=C(/C#N)C(=O)Nc2cccc(C(F)(F)F)c2)cc1Br. The van der Waals surface area contributed by atoms with E-state index >= 15 is 0 Å². The van der Waals surface area contributed by atoms with E-state index in [0.717, 1.165) is 12.1 Å². The third kappa shape index (κ3) is 4.86. The molecule has 0 spiro atoms. The lowest BCUT2D eigenvalue weighted by atomic mass is 10.1. The number of alkyl halides is 3. The van der Waals surface area contributed by atoms with Crippen LogP contribution in [0.1, 0.15) is 11.1 Å². The van der Waals surface area contributed by atoms with Crippen LogP contribution in [0, 0.1) is 11.3 Å². The van der Waals surface area contributed by atoms with Crippen LogP contribution in [0.2, 0.25) is 0 Å². The number of halogens is 4. The highest BCUT2D eigenvalue weighted by Crippen LogP contribution is 2.31. The van der Waals surface area contributed by atoms with Crippen LogP contribution >= 0.6 is 15.9 Å². The molecule has 2 rings (SSSR count). The predicted molar refractivity (Wildman–Crippen MR) is 94.4 cm³/mol. The van der Waals surface area contributed by atoms with Crippen molar-refractivity contribution in [3.63, 3.8) is 0 Å². The summed E-state index contributed by atoms with van der Waals surface area (Å²) in [5, 5.41) is 11.5. The number of methoxy groups -OCH3 is 1. The Morgan fingerprint density at radius 3 is 2.58 bits per heavy atom. The third-order valence-corrected chi connectivity index (χ3v) is 3.92. The summed E-state index contributed by atoms with van der Waals surface area (Å²) in [6.45, 7) is 0. The summed E-state index contributed by atoms with van der Waals surface area (Å²) in [6, 6.07) is 10.9. The molecule has 0 unspecified atom stereocenters. The quantitative estimate of drug-likeness (QED) is 0.553. The third-order valence-electron chi connectivity index (χ3n) is 3.30. The summed E-state index contributed by atoms with van der Waals surface area (Å²) in [5.41, 5.74) is -0.647. The van der Waals surface area contributed by atoms with Crippen LogP contribution < -0.4 is 10.1 Å². The molecule has 0 fully saturated rings. The van der Waals surface area contributed by atoms with Crippen molar-refractivity contribution in [3.05, 3.63) is 63.6 Å². The van der Waals surface area contributed by atoms with E-state index in [0.29, 0.717) is 15.8 Å². The maximum Gasteiger partial charge on any atom is 0.416 e. The van der Waals surface area contributed by atoms with Crippen LogP contribution in [0.15, 0.2) is 52.5 Å². The first-order valence-corrected chi connectivity index (χ1v) is 7.98. The number of carbonyl (C=O) groups excluding carboxylic acids is 1. The van der Waals surface area contributed by atoms with E-state index in [2.05, 4.69) is 21.2 Å². The number of ether oxygens (including phenoxy) is 1. The minimum absolute atomic E-state index is 0.0538. The average Bonchev–Trinajstić information content (AvgIpc) is 2.59. The fourth-order valence-corrected chi connectivity index (χ4v) is 2.62. The van der Waals surface area contributed by atoms with Crippen molar-refractivity contribution in [1.82, 2.24) is 0 Å². The molecular formula is C18H12BrF3N2O2. The van der Waals surface area contributed by atoms with Gasteiger partial charge in [0.25, 0.3) is 5.91 Å². The highest BCUT2D eigenvalue weighted by Gasteiger charge is 2.30. The maximum atomic E-state index is 12.7. The molecule has 8 heteroatoms. The second-order valence-corrected chi connectivity index (χ2v) is 5.95. The summed E-state index contributed by atoms with van der Waals surface area (Å²) in [7, 11) is 1.50. The van der Waals surface area contributed by atoms with Crippen LogP contribution in [-0.2, 0) is 11.0 Å². The van der Waals surface area contributed by atoms with Crippen LogP contribution in [0.5, 0.6) is 5.75 Å². The lowest BCUT2D eigenvalue weighted by Crippen LogP contribution is -2.14. The van der Waals surface area contributed by atoms with Gasteiger partial charge in [0.1, 0.15) is 17.4 Å². The zero-order chi connectivity index (χ0) is 19.3. The topological polar surface area (TPSA) is 62.1 Å². The van der Waals surface area contributed by atoms with Gasteiger partial charge in [0, 0.05) is 5.69 Å². The molecule has 0 radical (unpaired) electrons. The number of amides is 1. The first kappa shape index (κ1) is 19.5. The van der Waals surface area contributed by atoms with E-state index in [1.54, 1.807) is 24.3 Å². The van der Waals surface area contributed by atoms with Crippen molar-refractivity contribution in [2.45, 2.75) is 6.18 Å². The van der Waals surface area contributed by atoms with Gasteiger partial charge >= 0.3 is 6.18 Å². The zero-order valence-electron chi connectivity index (χ0n) is 13.4. The van der Waals surface area contributed by atoms with Crippen molar-refractivity contribution in [3.8, 4) is 11.8 Å². The van der Waals surface area contributed by atoms with Gasteiger partial charge < -0.3 is 10.1 Å².